The third-order valence-electron chi connectivity index (χ3n) is 3.24. The summed E-state index contributed by atoms with van der Waals surface area (Å²) in [5.41, 5.74) is 5.49. The molecule has 1 aromatic carbocycles. The number of benzene rings is 1. The summed E-state index contributed by atoms with van der Waals surface area (Å²) in [4.78, 5) is 23.8. The Morgan fingerprint density at radius 1 is 1.36 bits per heavy atom. The van der Waals surface area contributed by atoms with Crippen molar-refractivity contribution in [2.75, 3.05) is 14.2 Å². The lowest BCUT2D eigenvalue weighted by molar-refractivity contribution is -0.114. The molecule has 7 nitrogen and oxygen atoms in total. The highest BCUT2D eigenvalue weighted by atomic mass is 16.5. The van der Waals surface area contributed by atoms with E-state index in [-0.39, 0.29) is 28.3 Å². The fourth-order valence-corrected chi connectivity index (χ4v) is 2.16. The molecular formula is C15H14N2O5. The van der Waals surface area contributed by atoms with E-state index in [4.69, 9.17) is 10.5 Å². The van der Waals surface area contributed by atoms with Gasteiger partial charge in [-0.15, -0.1) is 0 Å². The first kappa shape index (κ1) is 15.2. The van der Waals surface area contributed by atoms with Crippen molar-refractivity contribution >= 4 is 17.4 Å². The highest BCUT2D eigenvalue weighted by Crippen LogP contribution is 2.36. The average Bonchev–Trinajstić information content (AvgIpc) is 2.49. The summed E-state index contributed by atoms with van der Waals surface area (Å²) in [6.45, 7) is 0. The first-order chi connectivity index (χ1) is 10.4. The van der Waals surface area contributed by atoms with Gasteiger partial charge in [0.05, 0.1) is 7.11 Å². The Bertz CT molecular complexity index is 757. The van der Waals surface area contributed by atoms with Crippen molar-refractivity contribution in [3.05, 3.63) is 47.0 Å². The van der Waals surface area contributed by atoms with Gasteiger partial charge in [0.2, 0.25) is 0 Å². The number of hydrogen-bond donors (Lipinski definition) is 3. The number of nitrogens with zero attached hydrogens (tertiary/aromatic N) is 1. The van der Waals surface area contributed by atoms with Crippen LogP contribution in [0.2, 0.25) is 0 Å². The van der Waals surface area contributed by atoms with E-state index in [0.29, 0.717) is 5.56 Å². The number of primary amides is 1. The largest absolute Gasteiger partial charge is 0.506 e. The minimum atomic E-state index is -0.945. The Hall–Kier alpha value is -3.18. The molecule has 0 aliphatic carbocycles. The van der Waals surface area contributed by atoms with Gasteiger partial charge >= 0.3 is 0 Å². The SMILES string of the molecule is COc1cc(C2=CN(C)C(=C=O)C(C(N)=O)=C2O)ccc1O. The van der Waals surface area contributed by atoms with Crippen LogP contribution in [0, 0.1) is 0 Å². The van der Waals surface area contributed by atoms with Crippen LogP contribution in [0.3, 0.4) is 0 Å². The fourth-order valence-electron chi connectivity index (χ4n) is 2.16. The summed E-state index contributed by atoms with van der Waals surface area (Å²) in [5, 5.41) is 19.9. The van der Waals surface area contributed by atoms with E-state index in [2.05, 4.69) is 0 Å². The lowest BCUT2D eigenvalue weighted by Crippen LogP contribution is -2.28. The fraction of sp³-hybridized carbons (Fsp3) is 0.133. The van der Waals surface area contributed by atoms with Gasteiger partial charge < -0.3 is 25.6 Å². The first-order valence-electron chi connectivity index (χ1n) is 6.21. The van der Waals surface area contributed by atoms with Crippen LogP contribution in [0.15, 0.2) is 41.4 Å². The molecule has 1 amide bonds. The number of phenolic OH excluding ortho intramolecular Hbond substituents is 1. The molecule has 1 aliphatic rings. The zero-order valence-electron chi connectivity index (χ0n) is 12.0. The van der Waals surface area contributed by atoms with Crippen molar-refractivity contribution < 1.29 is 24.5 Å². The number of nitrogens with two attached hydrogens (primary N) is 1. The Balaban J connectivity index is 2.65. The summed E-state index contributed by atoms with van der Waals surface area (Å²) < 4.78 is 5.01. The summed E-state index contributed by atoms with van der Waals surface area (Å²) in [7, 11) is 2.91. The van der Waals surface area contributed by atoms with Crippen LogP contribution in [0.25, 0.3) is 5.57 Å². The van der Waals surface area contributed by atoms with Gasteiger partial charge in [-0.3, -0.25) is 4.79 Å². The van der Waals surface area contributed by atoms with Crippen molar-refractivity contribution in [1.29, 1.82) is 0 Å². The molecule has 1 aromatic rings. The summed E-state index contributed by atoms with van der Waals surface area (Å²) in [6, 6.07) is 4.40. The van der Waals surface area contributed by atoms with E-state index in [1.165, 1.54) is 43.5 Å². The van der Waals surface area contributed by atoms with Crippen molar-refractivity contribution in [3.63, 3.8) is 0 Å². The number of aliphatic hydroxyl groups excluding tert-OH is 1. The molecule has 0 radical (unpaired) electrons. The Kier molecular flexibility index (Phi) is 3.92. The second-order valence-corrected chi connectivity index (χ2v) is 4.58. The van der Waals surface area contributed by atoms with Gasteiger partial charge in [-0.2, -0.15) is 0 Å². The van der Waals surface area contributed by atoms with Crippen LogP contribution in [-0.2, 0) is 9.59 Å². The molecule has 0 bridgehead atoms. The standard InChI is InChI=1S/C15H14N2O5/c1-17-6-9(8-3-4-11(19)12(5-8)22-2)14(20)13(15(16)21)10(17)7-18/h3-6,19-20H,1-2H3,(H2,16,21). The van der Waals surface area contributed by atoms with Crippen molar-refractivity contribution in [2.24, 2.45) is 5.73 Å². The average molecular weight is 302 g/mol. The zero-order chi connectivity index (χ0) is 16.4. The maximum absolute atomic E-state index is 11.5. The maximum atomic E-state index is 11.5. The molecular weight excluding hydrogens is 288 g/mol. The second-order valence-electron chi connectivity index (χ2n) is 4.58. The quantitative estimate of drug-likeness (QED) is 0.708. The number of ether oxygens (including phenoxy) is 1. The normalized spacial score (nSPS) is 14.5. The molecule has 0 unspecified atom stereocenters. The molecule has 22 heavy (non-hydrogen) atoms. The minimum absolute atomic E-state index is 0.0666. The van der Waals surface area contributed by atoms with E-state index < -0.39 is 11.7 Å². The van der Waals surface area contributed by atoms with Gasteiger partial charge in [-0.25, -0.2) is 4.79 Å². The van der Waals surface area contributed by atoms with Crippen molar-refractivity contribution in [1.82, 2.24) is 4.90 Å². The molecule has 4 N–H and O–H groups in total. The third kappa shape index (κ3) is 2.41. The second kappa shape index (κ2) is 5.67. The lowest BCUT2D eigenvalue weighted by atomic mass is 9.96. The molecule has 2 rings (SSSR count). The van der Waals surface area contributed by atoms with E-state index in [1.54, 1.807) is 5.94 Å². The van der Waals surface area contributed by atoms with Crippen LogP contribution >= 0.6 is 0 Å². The molecule has 1 aliphatic heterocycles. The van der Waals surface area contributed by atoms with Gasteiger partial charge in [0.1, 0.15) is 17.0 Å². The minimum Gasteiger partial charge on any atom is -0.506 e. The number of likely N-dealkylation sites (N-methyl/N-ethyl adjacent to an activating group) is 1. The smallest absolute Gasteiger partial charge is 0.255 e. The number of phenols is 1. The summed E-state index contributed by atoms with van der Waals surface area (Å²) in [6.07, 6.45) is 1.45. The van der Waals surface area contributed by atoms with E-state index in [0.717, 1.165) is 0 Å². The van der Waals surface area contributed by atoms with E-state index in [9.17, 15) is 19.8 Å². The zero-order valence-corrected chi connectivity index (χ0v) is 12.0. The van der Waals surface area contributed by atoms with Gasteiger partial charge in [0, 0.05) is 18.8 Å². The topological polar surface area (TPSA) is 113 Å². The molecule has 1 heterocycles. The number of rotatable bonds is 3. The predicted molar refractivity (Wildman–Crippen MR) is 78.5 cm³/mol. The molecule has 114 valence electrons. The van der Waals surface area contributed by atoms with Crippen molar-refractivity contribution in [3.8, 4) is 11.5 Å². The van der Waals surface area contributed by atoms with Gasteiger partial charge in [0.25, 0.3) is 5.91 Å². The van der Waals surface area contributed by atoms with Crippen LogP contribution in [0.1, 0.15) is 5.56 Å². The van der Waals surface area contributed by atoms with Gasteiger partial charge in [0.15, 0.2) is 17.4 Å². The number of carbonyl (C=O) groups is 1. The van der Waals surface area contributed by atoms with E-state index in [1.807, 2.05) is 0 Å². The molecule has 7 heteroatoms. The van der Waals surface area contributed by atoms with Crippen molar-refractivity contribution in [2.45, 2.75) is 0 Å². The van der Waals surface area contributed by atoms with Gasteiger partial charge in [-0.05, 0) is 17.7 Å². The molecule has 0 saturated heterocycles. The van der Waals surface area contributed by atoms with Crippen LogP contribution in [-0.4, -0.2) is 41.1 Å². The molecule has 0 fully saturated rings. The first-order valence-corrected chi connectivity index (χ1v) is 6.21. The highest BCUT2D eigenvalue weighted by Gasteiger charge is 2.29. The van der Waals surface area contributed by atoms with E-state index >= 15 is 0 Å². The monoisotopic (exact) mass is 302 g/mol. The maximum Gasteiger partial charge on any atom is 0.255 e. The molecule has 0 saturated carbocycles. The molecule has 0 atom stereocenters. The number of hydrogen-bond acceptors (Lipinski definition) is 6. The van der Waals surface area contributed by atoms with Crippen LogP contribution in [0.4, 0.5) is 0 Å². The van der Waals surface area contributed by atoms with Crippen LogP contribution in [0.5, 0.6) is 11.5 Å². The number of allylic oxidation sites excluding steroid dienone is 1. The number of methoxy groups -OCH3 is 1. The molecule has 0 spiro atoms. The highest BCUT2D eigenvalue weighted by molar-refractivity contribution is 6.04. The third-order valence-corrected chi connectivity index (χ3v) is 3.24. The lowest BCUT2D eigenvalue weighted by Gasteiger charge is -2.25. The number of aromatic hydroxyl groups is 1. The number of amides is 1. The summed E-state index contributed by atoms with van der Waals surface area (Å²) in [5.74, 6) is 0.338. The molecule has 0 aromatic heterocycles. The number of carbonyl (C=O) groups excluding carboxylic acids is 2. The number of aliphatic hydroxyl groups is 1. The Labute approximate surface area is 126 Å². The van der Waals surface area contributed by atoms with Crippen LogP contribution < -0.4 is 10.5 Å². The Morgan fingerprint density at radius 2 is 2.05 bits per heavy atom. The Morgan fingerprint density at radius 3 is 2.59 bits per heavy atom. The predicted octanol–water partition coefficient (Wildman–Crippen LogP) is 0.700. The summed E-state index contributed by atoms with van der Waals surface area (Å²) >= 11 is 0. The van der Waals surface area contributed by atoms with Gasteiger partial charge in [-0.1, -0.05) is 6.07 Å².